The molecule has 1 saturated heterocycles. The first kappa shape index (κ1) is 18.8. The number of ether oxygens (including phenoxy) is 1. The van der Waals surface area contributed by atoms with Crippen LogP contribution in [0.4, 0.5) is 5.13 Å². The van der Waals surface area contributed by atoms with Crippen LogP contribution in [0, 0.1) is 12.8 Å². The van der Waals surface area contributed by atoms with Crippen LogP contribution in [0.5, 0.6) is 0 Å². The van der Waals surface area contributed by atoms with E-state index in [2.05, 4.69) is 10.3 Å². The molecule has 0 aliphatic carbocycles. The van der Waals surface area contributed by atoms with Gasteiger partial charge >= 0.3 is 5.97 Å². The highest BCUT2D eigenvalue weighted by Crippen LogP contribution is 2.26. The van der Waals surface area contributed by atoms with Crippen molar-refractivity contribution in [3.8, 4) is 0 Å². The molecule has 134 valence electrons. The molecule has 2 rings (SSSR count). The Morgan fingerprint density at radius 2 is 2.00 bits per heavy atom. The summed E-state index contributed by atoms with van der Waals surface area (Å²) in [6.07, 6.45) is 2.10. The molecule has 0 spiro atoms. The van der Waals surface area contributed by atoms with E-state index in [-0.39, 0.29) is 18.4 Å². The van der Waals surface area contributed by atoms with Crippen molar-refractivity contribution in [1.82, 2.24) is 9.29 Å². The Morgan fingerprint density at radius 1 is 1.38 bits per heavy atom. The maximum absolute atomic E-state index is 12.3. The van der Waals surface area contributed by atoms with Gasteiger partial charge in [-0.2, -0.15) is 0 Å². The van der Waals surface area contributed by atoms with E-state index in [0.717, 1.165) is 11.3 Å². The van der Waals surface area contributed by atoms with Crippen LogP contribution in [0.15, 0.2) is 0 Å². The Morgan fingerprint density at radius 3 is 2.54 bits per heavy atom. The second kappa shape index (κ2) is 7.58. The summed E-state index contributed by atoms with van der Waals surface area (Å²) >= 11 is 1.08. The fourth-order valence-corrected chi connectivity index (χ4v) is 4.23. The molecule has 10 heteroatoms. The molecule has 1 N–H and O–H groups in total. The molecule has 0 aromatic carbocycles. The zero-order valence-corrected chi connectivity index (χ0v) is 15.5. The van der Waals surface area contributed by atoms with Gasteiger partial charge < -0.3 is 10.1 Å². The first-order valence-corrected chi connectivity index (χ1v) is 10.3. The number of nitrogens with one attached hydrogen (secondary N) is 1. The molecule has 1 aliphatic heterocycles. The minimum atomic E-state index is -3.21. The van der Waals surface area contributed by atoms with E-state index < -0.39 is 16.0 Å². The summed E-state index contributed by atoms with van der Waals surface area (Å²) < 4.78 is 29.3. The van der Waals surface area contributed by atoms with Gasteiger partial charge in [0.1, 0.15) is 4.88 Å². The molecule has 0 bridgehead atoms. The molecule has 1 amide bonds. The van der Waals surface area contributed by atoms with Gasteiger partial charge in [0, 0.05) is 19.0 Å². The fraction of sp³-hybridized carbons (Fsp3) is 0.643. The standard InChI is InChI=1S/C14H21N3O5S2/c1-4-22-13(19)11-9(2)15-14(23-11)16-12(18)10-5-7-17(8-6-10)24(3,20)21/h10H,4-8H2,1-3H3,(H,15,16,18). The molecule has 1 aliphatic rings. The van der Waals surface area contributed by atoms with E-state index in [9.17, 15) is 18.0 Å². The number of anilines is 1. The van der Waals surface area contributed by atoms with Crippen LogP contribution >= 0.6 is 11.3 Å². The number of aryl methyl sites for hydroxylation is 1. The monoisotopic (exact) mass is 375 g/mol. The van der Waals surface area contributed by atoms with Crippen LogP contribution in [0.25, 0.3) is 0 Å². The Labute approximate surface area is 145 Å². The molecule has 0 atom stereocenters. The topological polar surface area (TPSA) is 106 Å². The second-order valence-electron chi connectivity index (χ2n) is 5.58. The predicted molar refractivity (Wildman–Crippen MR) is 90.6 cm³/mol. The molecule has 1 aromatic heterocycles. The van der Waals surface area contributed by atoms with Crippen molar-refractivity contribution in [3.05, 3.63) is 10.6 Å². The number of hydrogen-bond donors (Lipinski definition) is 1. The quantitative estimate of drug-likeness (QED) is 0.776. The van der Waals surface area contributed by atoms with Crippen molar-refractivity contribution in [1.29, 1.82) is 0 Å². The summed E-state index contributed by atoms with van der Waals surface area (Å²) in [7, 11) is -3.21. The second-order valence-corrected chi connectivity index (χ2v) is 8.56. The number of amides is 1. The number of esters is 1. The van der Waals surface area contributed by atoms with Crippen molar-refractivity contribution < 1.29 is 22.7 Å². The van der Waals surface area contributed by atoms with E-state index in [1.165, 1.54) is 10.6 Å². The number of carbonyl (C=O) groups excluding carboxylic acids is 2. The summed E-state index contributed by atoms with van der Waals surface area (Å²) in [5.41, 5.74) is 0.514. The van der Waals surface area contributed by atoms with Crippen LogP contribution < -0.4 is 5.32 Å². The third-order valence-electron chi connectivity index (χ3n) is 3.78. The van der Waals surface area contributed by atoms with Crippen LogP contribution in [0.2, 0.25) is 0 Å². The van der Waals surface area contributed by atoms with Gasteiger partial charge in [0.2, 0.25) is 15.9 Å². The summed E-state index contributed by atoms with van der Waals surface area (Å²) in [6.45, 7) is 4.35. The number of rotatable bonds is 5. The molecule has 1 aromatic rings. The van der Waals surface area contributed by atoms with Crippen molar-refractivity contribution >= 4 is 38.4 Å². The van der Waals surface area contributed by atoms with Crippen molar-refractivity contribution in [3.63, 3.8) is 0 Å². The first-order chi connectivity index (χ1) is 11.2. The lowest BCUT2D eigenvalue weighted by atomic mass is 9.97. The Hall–Kier alpha value is -1.52. The molecule has 2 heterocycles. The average molecular weight is 375 g/mol. The first-order valence-electron chi connectivity index (χ1n) is 7.63. The maximum Gasteiger partial charge on any atom is 0.350 e. The van der Waals surface area contributed by atoms with E-state index in [4.69, 9.17) is 4.74 Å². The predicted octanol–water partition coefficient (Wildman–Crippen LogP) is 1.24. The zero-order valence-electron chi connectivity index (χ0n) is 13.9. The Bertz CT molecular complexity index is 721. The van der Waals surface area contributed by atoms with Crippen LogP contribution in [-0.2, 0) is 19.6 Å². The lowest BCUT2D eigenvalue weighted by Gasteiger charge is -2.29. The lowest BCUT2D eigenvalue weighted by molar-refractivity contribution is -0.120. The molecule has 24 heavy (non-hydrogen) atoms. The number of piperidine rings is 1. The summed E-state index contributed by atoms with van der Waals surface area (Å²) in [6, 6.07) is 0. The minimum absolute atomic E-state index is 0.202. The van der Waals surface area contributed by atoms with Gasteiger partial charge in [-0.15, -0.1) is 0 Å². The number of sulfonamides is 1. The van der Waals surface area contributed by atoms with Gasteiger partial charge in [-0.3, -0.25) is 4.79 Å². The highest BCUT2D eigenvalue weighted by molar-refractivity contribution is 7.88. The van der Waals surface area contributed by atoms with E-state index in [1.54, 1.807) is 13.8 Å². The number of nitrogens with zero attached hydrogens (tertiary/aromatic N) is 2. The van der Waals surface area contributed by atoms with Gasteiger partial charge in [-0.1, -0.05) is 11.3 Å². The minimum Gasteiger partial charge on any atom is -0.462 e. The number of hydrogen-bond acceptors (Lipinski definition) is 7. The van der Waals surface area contributed by atoms with Gasteiger partial charge in [0.15, 0.2) is 5.13 Å². The number of aromatic nitrogens is 1. The third-order valence-corrected chi connectivity index (χ3v) is 6.14. The van der Waals surface area contributed by atoms with E-state index in [1.807, 2.05) is 0 Å². The van der Waals surface area contributed by atoms with E-state index >= 15 is 0 Å². The SMILES string of the molecule is CCOC(=O)c1sc(NC(=O)C2CCN(S(C)(=O)=O)CC2)nc1C. The Balaban J connectivity index is 1.96. The smallest absolute Gasteiger partial charge is 0.350 e. The third kappa shape index (κ3) is 4.52. The molecular weight excluding hydrogens is 354 g/mol. The highest BCUT2D eigenvalue weighted by atomic mass is 32.2. The number of thiazole rings is 1. The molecule has 0 unspecified atom stereocenters. The van der Waals surface area contributed by atoms with Gasteiger partial charge in [-0.05, 0) is 26.7 Å². The number of carbonyl (C=O) groups is 2. The summed E-state index contributed by atoms with van der Waals surface area (Å²) in [5, 5.41) is 3.07. The molecule has 0 saturated carbocycles. The maximum atomic E-state index is 12.3. The normalized spacial score (nSPS) is 16.8. The van der Waals surface area contributed by atoms with Crippen LogP contribution in [-0.4, -0.2) is 55.5 Å². The summed E-state index contributed by atoms with van der Waals surface area (Å²) in [5.74, 6) is -0.917. The van der Waals surface area contributed by atoms with Crippen molar-refractivity contribution in [2.24, 2.45) is 5.92 Å². The highest BCUT2D eigenvalue weighted by Gasteiger charge is 2.29. The molecule has 0 radical (unpaired) electrons. The Kier molecular flexibility index (Phi) is 5.94. The summed E-state index contributed by atoms with van der Waals surface area (Å²) in [4.78, 5) is 28.6. The van der Waals surface area contributed by atoms with E-state index in [0.29, 0.717) is 41.6 Å². The van der Waals surface area contributed by atoms with Crippen LogP contribution in [0.3, 0.4) is 0 Å². The molecular formula is C14H21N3O5S2. The molecule has 1 fully saturated rings. The van der Waals surface area contributed by atoms with Gasteiger partial charge in [0.05, 0.1) is 18.6 Å². The van der Waals surface area contributed by atoms with Gasteiger partial charge in [0.25, 0.3) is 0 Å². The fourth-order valence-electron chi connectivity index (χ4n) is 2.49. The van der Waals surface area contributed by atoms with Crippen molar-refractivity contribution in [2.45, 2.75) is 26.7 Å². The lowest BCUT2D eigenvalue weighted by Crippen LogP contribution is -2.40. The zero-order chi connectivity index (χ0) is 17.9. The average Bonchev–Trinajstić information content (AvgIpc) is 2.87. The molecule has 8 nitrogen and oxygen atoms in total. The van der Waals surface area contributed by atoms with Crippen molar-refractivity contribution in [2.75, 3.05) is 31.3 Å². The van der Waals surface area contributed by atoms with Crippen LogP contribution in [0.1, 0.15) is 35.1 Å². The van der Waals surface area contributed by atoms with Gasteiger partial charge in [-0.25, -0.2) is 22.5 Å². The largest absolute Gasteiger partial charge is 0.462 e.